The molecule has 1 nitrogen and oxygen atoms in total. The number of hydrogen-bond donors (Lipinski definition) is 0. The molecule has 1 unspecified atom stereocenters. The molecule has 0 aromatic heterocycles. The first-order valence-corrected chi connectivity index (χ1v) is 11.0. The number of hydrogen-bond acceptors (Lipinski definition) is 1. The van der Waals surface area contributed by atoms with Crippen LogP contribution in [0, 0.1) is 5.92 Å². The van der Waals surface area contributed by atoms with E-state index in [4.69, 9.17) is 4.74 Å². The molecule has 0 aliphatic rings. The molecular formula is C28H31F3O. The van der Waals surface area contributed by atoms with Crippen molar-refractivity contribution in [1.29, 1.82) is 0 Å². The van der Waals surface area contributed by atoms with E-state index in [1.54, 1.807) is 18.2 Å². The van der Waals surface area contributed by atoms with Gasteiger partial charge in [-0.2, -0.15) is 13.2 Å². The van der Waals surface area contributed by atoms with Gasteiger partial charge >= 0.3 is 6.18 Å². The second-order valence-electron chi connectivity index (χ2n) is 9.68. The highest BCUT2D eigenvalue weighted by atomic mass is 19.4. The van der Waals surface area contributed by atoms with Crippen molar-refractivity contribution in [3.8, 4) is 16.9 Å². The van der Waals surface area contributed by atoms with E-state index in [1.807, 2.05) is 42.5 Å². The average Bonchev–Trinajstić information content (AvgIpc) is 2.72. The van der Waals surface area contributed by atoms with Gasteiger partial charge in [0.05, 0.1) is 5.56 Å². The maximum Gasteiger partial charge on any atom is 0.417 e. The van der Waals surface area contributed by atoms with E-state index in [-0.39, 0.29) is 22.8 Å². The van der Waals surface area contributed by atoms with E-state index >= 15 is 0 Å². The molecule has 0 N–H and O–H groups in total. The zero-order valence-corrected chi connectivity index (χ0v) is 19.3. The Morgan fingerprint density at radius 2 is 1.44 bits per heavy atom. The maximum atomic E-state index is 14.0. The highest BCUT2D eigenvalue weighted by Crippen LogP contribution is 2.40. The monoisotopic (exact) mass is 440 g/mol. The molecule has 3 rings (SSSR count). The fourth-order valence-corrected chi connectivity index (χ4v) is 3.75. The van der Waals surface area contributed by atoms with E-state index in [9.17, 15) is 13.2 Å². The van der Waals surface area contributed by atoms with Crippen molar-refractivity contribution in [1.82, 2.24) is 0 Å². The molecule has 0 saturated carbocycles. The molecule has 0 aliphatic heterocycles. The minimum absolute atomic E-state index is 0.0635. The summed E-state index contributed by atoms with van der Waals surface area (Å²) in [5, 5.41) is 0. The molecular weight excluding hydrogens is 409 g/mol. The summed E-state index contributed by atoms with van der Waals surface area (Å²) in [6, 6.07) is 21.2. The van der Waals surface area contributed by atoms with Crippen molar-refractivity contribution in [3.63, 3.8) is 0 Å². The van der Waals surface area contributed by atoms with Crippen LogP contribution in [0.1, 0.15) is 63.8 Å². The Morgan fingerprint density at radius 1 is 0.812 bits per heavy atom. The van der Waals surface area contributed by atoms with Crippen LogP contribution in [0.25, 0.3) is 11.1 Å². The maximum absolute atomic E-state index is 14.0. The highest BCUT2D eigenvalue weighted by Gasteiger charge is 2.34. The van der Waals surface area contributed by atoms with Crippen molar-refractivity contribution in [2.75, 3.05) is 0 Å². The summed E-state index contributed by atoms with van der Waals surface area (Å²) in [4.78, 5) is 0. The van der Waals surface area contributed by atoms with Gasteiger partial charge in [0.25, 0.3) is 0 Å². The van der Waals surface area contributed by atoms with Gasteiger partial charge in [0.2, 0.25) is 0 Å². The lowest BCUT2D eigenvalue weighted by Crippen LogP contribution is -2.13. The predicted octanol–water partition coefficient (Wildman–Crippen LogP) is 8.84. The van der Waals surface area contributed by atoms with Crippen molar-refractivity contribution in [2.45, 2.75) is 58.7 Å². The Labute approximate surface area is 189 Å². The van der Waals surface area contributed by atoms with Gasteiger partial charge in [0, 0.05) is 0 Å². The van der Waals surface area contributed by atoms with Gasteiger partial charge in [-0.3, -0.25) is 0 Å². The van der Waals surface area contributed by atoms with Crippen LogP contribution in [0.2, 0.25) is 0 Å². The molecule has 1 atom stereocenters. The van der Waals surface area contributed by atoms with Gasteiger partial charge in [-0.1, -0.05) is 95.3 Å². The van der Waals surface area contributed by atoms with E-state index in [1.165, 1.54) is 6.07 Å². The van der Waals surface area contributed by atoms with E-state index in [2.05, 4.69) is 34.6 Å². The molecule has 0 aliphatic carbocycles. The lowest BCUT2D eigenvalue weighted by molar-refractivity contribution is -0.137. The van der Waals surface area contributed by atoms with E-state index < -0.39 is 11.7 Å². The van der Waals surface area contributed by atoms with Gasteiger partial charge < -0.3 is 4.74 Å². The minimum Gasteiger partial charge on any atom is -0.486 e. The molecule has 4 heteroatoms. The molecule has 0 radical (unpaired) electrons. The third-order valence-corrected chi connectivity index (χ3v) is 5.49. The Bertz CT molecular complexity index is 1010. The van der Waals surface area contributed by atoms with Gasteiger partial charge in [0.1, 0.15) is 11.9 Å². The highest BCUT2D eigenvalue weighted by molar-refractivity contribution is 5.69. The Hall–Kier alpha value is -2.75. The first-order chi connectivity index (χ1) is 14.9. The van der Waals surface area contributed by atoms with Crippen LogP contribution in [-0.4, -0.2) is 0 Å². The van der Waals surface area contributed by atoms with Crippen LogP contribution in [0.4, 0.5) is 13.2 Å². The van der Waals surface area contributed by atoms with Crippen LogP contribution in [-0.2, 0) is 11.6 Å². The molecule has 0 heterocycles. The van der Waals surface area contributed by atoms with Crippen LogP contribution < -0.4 is 4.74 Å². The molecule has 0 spiro atoms. The number of halogens is 3. The molecule has 32 heavy (non-hydrogen) atoms. The van der Waals surface area contributed by atoms with Crippen molar-refractivity contribution in [3.05, 3.63) is 89.5 Å². The lowest BCUT2D eigenvalue weighted by Gasteiger charge is -2.23. The van der Waals surface area contributed by atoms with Crippen molar-refractivity contribution in [2.24, 2.45) is 5.92 Å². The summed E-state index contributed by atoms with van der Waals surface area (Å²) in [6.07, 6.45) is -4.09. The Morgan fingerprint density at radius 3 is 1.97 bits per heavy atom. The van der Waals surface area contributed by atoms with Crippen LogP contribution in [0.5, 0.6) is 5.75 Å². The van der Waals surface area contributed by atoms with Crippen LogP contribution in [0.3, 0.4) is 0 Å². The molecule has 3 aromatic carbocycles. The Kier molecular flexibility index (Phi) is 7.02. The molecule has 0 saturated heterocycles. The van der Waals surface area contributed by atoms with E-state index in [0.29, 0.717) is 17.9 Å². The molecule has 0 fully saturated rings. The topological polar surface area (TPSA) is 9.23 Å². The lowest BCUT2D eigenvalue weighted by atomic mass is 9.86. The zero-order valence-electron chi connectivity index (χ0n) is 19.3. The number of rotatable bonds is 6. The third kappa shape index (κ3) is 5.93. The summed E-state index contributed by atoms with van der Waals surface area (Å²) in [6.45, 7) is 10.4. The predicted molar refractivity (Wildman–Crippen MR) is 125 cm³/mol. The second kappa shape index (κ2) is 9.40. The molecule has 170 valence electrons. The summed E-state index contributed by atoms with van der Waals surface area (Å²) >= 11 is 0. The number of benzene rings is 3. The average molecular weight is 441 g/mol. The number of alkyl halides is 3. The normalized spacial score (nSPS) is 13.3. The Balaban J connectivity index is 1.98. The minimum atomic E-state index is -4.49. The van der Waals surface area contributed by atoms with Gasteiger partial charge in [-0.05, 0) is 52.1 Å². The summed E-state index contributed by atoms with van der Waals surface area (Å²) in [5.41, 5.74) is 1.98. The molecule has 3 aromatic rings. The fraction of sp³-hybridized carbons (Fsp3) is 0.357. The smallest absolute Gasteiger partial charge is 0.417 e. The summed E-state index contributed by atoms with van der Waals surface area (Å²) in [7, 11) is 0. The number of ether oxygens (including phenoxy) is 1. The zero-order chi connectivity index (χ0) is 23.5. The van der Waals surface area contributed by atoms with Gasteiger partial charge in [-0.25, -0.2) is 0 Å². The van der Waals surface area contributed by atoms with Crippen LogP contribution in [0.15, 0.2) is 72.8 Å². The fourth-order valence-electron chi connectivity index (χ4n) is 3.75. The third-order valence-electron chi connectivity index (χ3n) is 5.49. The first-order valence-electron chi connectivity index (χ1n) is 11.0. The van der Waals surface area contributed by atoms with Crippen molar-refractivity contribution < 1.29 is 17.9 Å². The molecule has 0 bridgehead atoms. The standard InChI is InChI=1S/C28H31F3O/c1-19(2)17-26(21-9-7-6-8-10-21)32-23-15-16-24(25(18-23)28(29,30)31)20-11-13-22(14-12-20)27(3,4)5/h6-16,18-19,26H,17H2,1-5H3. The summed E-state index contributed by atoms with van der Waals surface area (Å²) in [5.74, 6) is 0.560. The summed E-state index contributed by atoms with van der Waals surface area (Å²) < 4.78 is 48.1. The van der Waals surface area contributed by atoms with Gasteiger partial charge in [0.15, 0.2) is 0 Å². The van der Waals surface area contributed by atoms with E-state index in [0.717, 1.165) is 17.2 Å². The first kappa shape index (κ1) is 23.9. The quantitative estimate of drug-likeness (QED) is 0.372. The molecule has 0 amide bonds. The second-order valence-corrected chi connectivity index (χ2v) is 9.68. The van der Waals surface area contributed by atoms with Crippen molar-refractivity contribution >= 4 is 0 Å². The van der Waals surface area contributed by atoms with Gasteiger partial charge in [-0.15, -0.1) is 0 Å². The largest absolute Gasteiger partial charge is 0.486 e. The SMILES string of the molecule is CC(C)CC(Oc1ccc(-c2ccc(C(C)(C)C)cc2)c(C(F)(F)F)c1)c1ccccc1. The van der Waals surface area contributed by atoms with Crippen LogP contribution >= 0.6 is 0 Å².